The van der Waals surface area contributed by atoms with Gasteiger partial charge in [-0.1, -0.05) is 32.5 Å². The van der Waals surface area contributed by atoms with E-state index in [2.05, 4.69) is 42.1 Å². The van der Waals surface area contributed by atoms with E-state index in [0.29, 0.717) is 5.75 Å². The molecule has 0 radical (unpaired) electrons. The average Bonchev–Trinajstić information content (AvgIpc) is 2.94. The highest BCUT2D eigenvalue weighted by Crippen LogP contribution is 2.30. The van der Waals surface area contributed by atoms with Gasteiger partial charge in [0.1, 0.15) is 16.2 Å². The second-order valence-corrected chi connectivity index (χ2v) is 6.91. The van der Waals surface area contributed by atoms with Gasteiger partial charge < -0.3 is 5.32 Å². The van der Waals surface area contributed by atoms with Gasteiger partial charge in [-0.05, 0) is 25.3 Å². The normalized spacial score (nSPS) is 11.2. The summed E-state index contributed by atoms with van der Waals surface area (Å²) in [5, 5.41) is 5.02. The zero-order chi connectivity index (χ0) is 15.2. The number of nitrogens with zero attached hydrogens (tertiary/aromatic N) is 2. The Morgan fingerprint density at radius 2 is 2.10 bits per heavy atom. The van der Waals surface area contributed by atoms with Crippen molar-refractivity contribution in [3.8, 4) is 0 Å². The smallest absolute Gasteiger partial charge is 0.230 e. The molecule has 2 aromatic heterocycles. The topological polar surface area (TPSA) is 54.9 Å². The maximum Gasteiger partial charge on any atom is 0.230 e. The molecule has 6 heteroatoms. The SMILES string of the molecule is CCc1cc2c(SCC(=O)NC(CC)CC)ncnc2s1. The van der Waals surface area contributed by atoms with Gasteiger partial charge in [-0.2, -0.15) is 0 Å². The summed E-state index contributed by atoms with van der Waals surface area (Å²) < 4.78 is 0. The number of thioether (sulfide) groups is 1. The highest BCUT2D eigenvalue weighted by molar-refractivity contribution is 8.00. The van der Waals surface area contributed by atoms with Crippen molar-refractivity contribution in [1.29, 1.82) is 0 Å². The van der Waals surface area contributed by atoms with Crippen LogP contribution >= 0.6 is 23.1 Å². The summed E-state index contributed by atoms with van der Waals surface area (Å²) in [4.78, 5) is 22.9. The zero-order valence-electron chi connectivity index (χ0n) is 12.7. The molecule has 1 amide bonds. The Morgan fingerprint density at radius 3 is 2.76 bits per heavy atom. The van der Waals surface area contributed by atoms with Crippen LogP contribution in [0.1, 0.15) is 38.5 Å². The van der Waals surface area contributed by atoms with E-state index in [0.717, 1.165) is 34.5 Å². The molecular weight excluding hydrogens is 302 g/mol. The van der Waals surface area contributed by atoms with Crippen molar-refractivity contribution in [2.24, 2.45) is 0 Å². The van der Waals surface area contributed by atoms with Crippen molar-refractivity contribution in [2.75, 3.05) is 5.75 Å². The van der Waals surface area contributed by atoms with Crippen LogP contribution in [-0.2, 0) is 11.2 Å². The summed E-state index contributed by atoms with van der Waals surface area (Å²) >= 11 is 3.19. The number of thiophene rings is 1. The third-order valence-electron chi connectivity index (χ3n) is 3.38. The molecule has 0 aliphatic rings. The third-order valence-corrected chi connectivity index (χ3v) is 5.58. The number of hydrogen-bond donors (Lipinski definition) is 1. The van der Waals surface area contributed by atoms with Crippen LogP contribution in [0.5, 0.6) is 0 Å². The molecule has 21 heavy (non-hydrogen) atoms. The van der Waals surface area contributed by atoms with Gasteiger partial charge >= 0.3 is 0 Å². The molecule has 0 aromatic carbocycles. The molecule has 4 nitrogen and oxygen atoms in total. The Bertz CT molecular complexity index is 608. The summed E-state index contributed by atoms with van der Waals surface area (Å²) in [7, 11) is 0. The lowest BCUT2D eigenvalue weighted by molar-refractivity contribution is -0.119. The number of carbonyl (C=O) groups excluding carboxylic acids is 1. The Hall–Kier alpha value is -1.14. The van der Waals surface area contributed by atoms with Crippen LogP contribution in [0, 0.1) is 0 Å². The second kappa shape index (κ2) is 7.75. The van der Waals surface area contributed by atoms with Gasteiger partial charge in [0, 0.05) is 16.3 Å². The number of amides is 1. The van der Waals surface area contributed by atoms with Crippen LogP contribution in [0.15, 0.2) is 17.4 Å². The fraction of sp³-hybridized carbons (Fsp3) is 0.533. The van der Waals surface area contributed by atoms with Crippen LogP contribution in [0.4, 0.5) is 0 Å². The first-order valence-electron chi connectivity index (χ1n) is 7.33. The molecule has 0 atom stereocenters. The third kappa shape index (κ3) is 4.17. The van der Waals surface area contributed by atoms with E-state index < -0.39 is 0 Å². The Balaban J connectivity index is 2.03. The Labute approximate surface area is 133 Å². The van der Waals surface area contributed by atoms with Crippen molar-refractivity contribution in [1.82, 2.24) is 15.3 Å². The lowest BCUT2D eigenvalue weighted by Gasteiger charge is -2.14. The van der Waals surface area contributed by atoms with Crippen LogP contribution in [0.25, 0.3) is 10.2 Å². The minimum atomic E-state index is 0.0754. The monoisotopic (exact) mass is 323 g/mol. The van der Waals surface area contributed by atoms with Crippen molar-refractivity contribution < 1.29 is 4.79 Å². The van der Waals surface area contributed by atoms with Crippen molar-refractivity contribution in [2.45, 2.75) is 51.1 Å². The van der Waals surface area contributed by atoms with E-state index in [-0.39, 0.29) is 11.9 Å². The van der Waals surface area contributed by atoms with E-state index in [4.69, 9.17) is 0 Å². The highest BCUT2D eigenvalue weighted by atomic mass is 32.2. The van der Waals surface area contributed by atoms with E-state index in [1.54, 1.807) is 17.7 Å². The van der Waals surface area contributed by atoms with E-state index in [1.807, 2.05) is 0 Å². The van der Waals surface area contributed by atoms with Gasteiger partial charge in [-0.15, -0.1) is 11.3 Å². The van der Waals surface area contributed by atoms with Crippen LogP contribution < -0.4 is 5.32 Å². The molecule has 2 heterocycles. The predicted molar refractivity (Wildman–Crippen MR) is 90.0 cm³/mol. The first kappa shape index (κ1) is 16.2. The van der Waals surface area contributed by atoms with E-state index in [9.17, 15) is 4.79 Å². The molecule has 1 N–H and O–H groups in total. The quantitative estimate of drug-likeness (QED) is 0.624. The van der Waals surface area contributed by atoms with Crippen molar-refractivity contribution in [3.63, 3.8) is 0 Å². The predicted octanol–water partition coefficient (Wildman–Crippen LogP) is 3.65. The second-order valence-electron chi connectivity index (χ2n) is 4.83. The molecule has 0 saturated heterocycles. The molecule has 2 aromatic rings. The number of aromatic nitrogens is 2. The largest absolute Gasteiger partial charge is 0.353 e. The number of aryl methyl sites for hydroxylation is 1. The summed E-state index contributed by atoms with van der Waals surface area (Å²) in [5.74, 6) is 0.478. The molecule has 114 valence electrons. The standard InChI is InChI=1S/C15H21N3OS2/c1-4-10(5-2)18-13(19)8-20-14-12-7-11(6-3)21-15(12)17-9-16-14/h7,9-10H,4-6,8H2,1-3H3,(H,18,19). The number of fused-ring (bicyclic) bond motifs is 1. The average molecular weight is 323 g/mol. The zero-order valence-corrected chi connectivity index (χ0v) is 14.3. The maximum absolute atomic E-state index is 12.0. The summed E-state index contributed by atoms with van der Waals surface area (Å²) in [6, 6.07) is 2.41. The molecule has 0 unspecified atom stereocenters. The fourth-order valence-corrected chi connectivity index (χ4v) is 3.85. The molecule has 0 bridgehead atoms. The highest BCUT2D eigenvalue weighted by Gasteiger charge is 2.12. The molecule has 0 fully saturated rings. The van der Waals surface area contributed by atoms with Gasteiger partial charge in [0.2, 0.25) is 5.91 Å². The lowest BCUT2D eigenvalue weighted by atomic mass is 10.2. The minimum Gasteiger partial charge on any atom is -0.353 e. The Morgan fingerprint density at radius 1 is 1.33 bits per heavy atom. The minimum absolute atomic E-state index is 0.0754. The number of rotatable bonds is 7. The van der Waals surface area contributed by atoms with Crippen LogP contribution in [-0.4, -0.2) is 27.7 Å². The summed E-state index contributed by atoms with van der Waals surface area (Å²) in [6.07, 6.45) is 4.52. The van der Waals surface area contributed by atoms with Crippen LogP contribution in [0.3, 0.4) is 0 Å². The van der Waals surface area contributed by atoms with Crippen molar-refractivity contribution in [3.05, 3.63) is 17.3 Å². The maximum atomic E-state index is 12.0. The fourth-order valence-electron chi connectivity index (χ4n) is 2.07. The van der Waals surface area contributed by atoms with Gasteiger partial charge in [-0.25, -0.2) is 9.97 Å². The lowest BCUT2D eigenvalue weighted by Crippen LogP contribution is -2.35. The van der Waals surface area contributed by atoms with Gasteiger partial charge in [0.05, 0.1) is 5.75 Å². The summed E-state index contributed by atoms with van der Waals surface area (Å²) in [6.45, 7) is 6.31. The molecule has 0 aliphatic heterocycles. The first-order valence-corrected chi connectivity index (χ1v) is 9.13. The van der Waals surface area contributed by atoms with Crippen LogP contribution in [0.2, 0.25) is 0 Å². The molecule has 2 rings (SSSR count). The van der Waals surface area contributed by atoms with E-state index in [1.165, 1.54) is 16.6 Å². The number of carbonyl (C=O) groups is 1. The first-order chi connectivity index (χ1) is 10.2. The molecule has 0 saturated carbocycles. The van der Waals surface area contributed by atoms with E-state index >= 15 is 0 Å². The van der Waals surface area contributed by atoms with Gasteiger partial charge in [0.25, 0.3) is 0 Å². The summed E-state index contributed by atoms with van der Waals surface area (Å²) in [5.41, 5.74) is 0. The molecular formula is C15H21N3OS2. The van der Waals surface area contributed by atoms with Gasteiger partial charge in [0.15, 0.2) is 0 Å². The number of hydrogen-bond acceptors (Lipinski definition) is 5. The Kier molecular flexibility index (Phi) is 5.99. The number of nitrogens with one attached hydrogen (secondary N) is 1. The van der Waals surface area contributed by atoms with Crippen molar-refractivity contribution >= 4 is 39.2 Å². The molecule has 0 spiro atoms. The molecule has 0 aliphatic carbocycles. The van der Waals surface area contributed by atoms with Gasteiger partial charge in [-0.3, -0.25) is 4.79 Å².